The van der Waals surface area contributed by atoms with Gasteiger partial charge in [0.25, 0.3) is 0 Å². The maximum Gasteiger partial charge on any atom is 0.413 e. The van der Waals surface area contributed by atoms with E-state index in [4.69, 9.17) is 58.0 Å². The molecule has 0 unspecified atom stereocenters. The number of carbonyl (C=O) groups is 2. The van der Waals surface area contributed by atoms with E-state index in [1.54, 1.807) is 0 Å². The molecule has 1 heterocycles. The smallest absolute Gasteiger partial charge is 0.413 e. The lowest BCUT2D eigenvalue weighted by Crippen LogP contribution is -2.21. The van der Waals surface area contributed by atoms with Gasteiger partial charge in [-0.25, -0.2) is 9.78 Å². The van der Waals surface area contributed by atoms with Crippen molar-refractivity contribution < 1.29 is 14.3 Å². The van der Waals surface area contributed by atoms with Crippen molar-refractivity contribution in [3.8, 4) is 0 Å². The van der Waals surface area contributed by atoms with Crippen molar-refractivity contribution >= 4 is 98.2 Å². The third kappa shape index (κ3) is 7.93. The summed E-state index contributed by atoms with van der Waals surface area (Å²) >= 11 is 28.2. The van der Waals surface area contributed by atoms with E-state index >= 15 is 0 Å². The van der Waals surface area contributed by atoms with Crippen LogP contribution in [0.2, 0.25) is 4.34 Å². The van der Waals surface area contributed by atoms with Crippen molar-refractivity contribution in [3.05, 3.63) is 10.0 Å². The summed E-state index contributed by atoms with van der Waals surface area (Å²) in [4.78, 5) is 26.0. The highest BCUT2D eigenvalue weighted by Crippen LogP contribution is 2.29. The first kappa shape index (κ1) is 20.3. The zero-order chi connectivity index (χ0) is 14.6. The summed E-state index contributed by atoms with van der Waals surface area (Å²) in [7, 11) is 0. The molecule has 0 aromatic carbocycles. The van der Waals surface area contributed by atoms with Gasteiger partial charge in [-0.05, 0) is 11.6 Å². The Morgan fingerprint density at radius 1 is 1.35 bits per heavy atom. The van der Waals surface area contributed by atoms with Gasteiger partial charge < -0.3 is 4.74 Å². The number of amides is 1. The Morgan fingerprint density at radius 3 is 2.45 bits per heavy atom. The average Bonchev–Trinajstić information content (AvgIpc) is 2.54. The van der Waals surface area contributed by atoms with Crippen molar-refractivity contribution in [2.75, 3.05) is 11.9 Å². The first-order valence-corrected chi connectivity index (χ1v) is 7.22. The second-order valence-corrected chi connectivity index (χ2v) is 7.63. The number of halogens is 6. The number of nitrogens with zero attached hydrogens (tertiary/aromatic N) is 1. The number of anilines is 1. The van der Waals surface area contributed by atoms with Gasteiger partial charge in [0.1, 0.15) is 10.9 Å². The standard InChI is InChI=1S/C8H5Cl5N2O3S.ClH/c9-4(16)1-3-5(10)19-6(14-3)15-7(17)18-2-8(11,12)13;/h1-2H2,(H,14,15,17);1H. The van der Waals surface area contributed by atoms with Gasteiger partial charge in [-0.1, -0.05) is 57.7 Å². The zero-order valence-corrected chi connectivity index (χ0v) is 14.7. The van der Waals surface area contributed by atoms with Gasteiger partial charge in [-0.3, -0.25) is 10.1 Å². The molecule has 0 fully saturated rings. The van der Waals surface area contributed by atoms with E-state index in [-0.39, 0.29) is 34.0 Å². The van der Waals surface area contributed by atoms with Gasteiger partial charge in [0.15, 0.2) is 5.13 Å². The van der Waals surface area contributed by atoms with E-state index in [0.29, 0.717) is 0 Å². The third-order valence-corrected chi connectivity index (χ3v) is 3.24. The maximum atomic E-state index is 11.3. The molecule has 12 heteroatoms. The number of hydrogen-bond acceptors (Lipinski definition) is 5. The number of aromatic nitrogens is 1. The third-order valence-electron chi connectivity index (χ3n) is 1.53. The van der Waals surface area contributed by atoms with Gasteiger partial charge in [0.05, 0.1) is 12.1 Å². The maximum absolute atomic E-state index is 11.3. The van der Waals surface area contributed by atoms with Crippen molar-refractivity contribution in [1.82, 2.24) is 4.98 Å². The molecule has 0 saturated heterocycles. The fraction of sp³-hybridized carbons (Fsp3) is 0.375. The van der Waals surface area contributed by atoms with Crippen molar-refractivity contribution in [2.24, 2.45) is 0 Å². The van der Waals surface area contributed by atoms with Crippen molar-refractivity contribution in [3.63, 3.8) is 0 Å². The van der Waals surface area contributed by atoms with Crippen LogP contribution in [-0.4, -0.2) is 26.7 Å². The highest BCUT2D eigenvalue weighted by molar-refractivity contribution is 7.19. The monoisotopic (exact) mass is 420 g/mol. The van der Waals surface area contributed by atoms with Crippen LogP contribution in [0.4, 0.5) is 9.93 Å². The summed E-state index contributed by atoms with van der Waals surface area (Å²) in [5.74, 6) is 0. The largest absolute Gasteiger partial charge is 0.445 e. The van der Waals surface area contributed by atoms with Crippen LogP contribution in [0.3, 0.4) is 0 Å². The molecule has 114 valence electrons. The molecule has 0 aliphatic rings. The Morgan fingerprint density at radius 2 is 1.95 bits per heavy atom. The Bertz CT molecular complexity index is 489. The van der Waals surface area contributed by atoms with Gasteiger partial charge in [-0.15, -0.1) is 12.4 Å². The normalized spacial score (nSPS) is 10.7. The number of rotatable bonds is 4. The molecule has 1 rings (SSSR count). The number of ether oxygens (including phenoxy) is 1. The van der Waals surface area contributed by atoms with Crippen LogP contribution in [-0.2, 0) is 16.0 Å². The molecule has 0 bridgehead atoms. The fourth-order valence-electron chi connectivity index (χ4n) is 0.898. The molecule has 20 heavy (non-hydrogen) atoms. The molecular formula is C8H6Cl6N2O3S. The minimum Gasteiger partial charge on any atom is -0.445 e. The number of hydrogen-bond donors (Lipinski definition) is 1. The summed E-state index contributed by atoms with van der Waals surface area (Å²) in [5.41, 5.74) is 0.267. The minimum atomic E-state index is -1.70. The highest BCUT2D eigenvalue weighted by atomic mass is 35.6. The molecule has 0 saturated carbocycles. The molecule has 1 aromatic heterocycles. The molecule has 0 aliphatic heterocycles. The van der Waals surface area contributed by atoms with E-state index in [0.717, 1.165) is 11.3 Å². The quantitative estimate of drug-likeness (QED) is 0.575. The lowest BCUT2D eigenvalue weighted by molar-refractivity contribution is -0.111. The lowest BCUT2D eigenvalue weighted by Gasteiger charge is -2.10. The Labute approximate surface area is 149 Å². The SMILES string of the molecule is Cl.O=C(Cl)Cc1nc(NC(=O)OCC(Cl)(Cl)Cl)sc1Cl. The summed E-state index contributed by atoms with van der Waals surface area (Å²) in [6.07, 6.45) is -0.998. The number of alkyl halides is 3. The molecule has 0 radical (unpaired) electrons. The Kier molecular flexibility index (Phi) is 8.81. The van der Waals surface area contributed by atoms with E-state index in [1.165, 1.54) is 0 Å². The predicted octanol–water partition coefficient (Wildman–Crippen LogP) is 4.44. The molecule has 1 N–H and O–H groups in total. The molecule has 0 spiro atoms. The van der Waals surface area contributed by atoms with E-state index in [1.807, 2.05) is 0 Å². The molecule has 0 aliphatic carbocycles. The summed E-state index contributed by atoms with van der Waals surface area (Å²) in [6.45, 7) is -0.421. The molecule has 1 amide bonds. The van der Waals surface area contributed by atoms with E-state index in [2.05, 4.69) is 15.0 Å². The Balaban J connectivity index is 0.00000361. The van der Waals surface area contributed by atoms with Crippen LogP contribution >= 0.6 is 81.7 Å². The molecule has 1 aromatic rings. The minimum absolute atomic E-state index is 0. The zero-order valence-electron chi connectivity index (χ0n) is 9.29. The van der Waals surface area contributed by atoms with Gasteiger partial charge >= 0.3 is 6.09 Å². The summed E-state index contributed by atoms with van der Waals surface area (Å²) in [6, 6.07) is 0. The molecule has 0 atom stereocenters. The fourth-order valence-corrected chi connectivity index (χ4v) is 2.21. The van der Waals surface area contributed by atoms with Crippen LogP contribution in [0.25, 0.3) is 0 Å². The van der Waals surface area contributed by atoms with Crippen LogP contribution < -0.4 is 5.32 Å². The summed E-state index contributed by atoms with van der Waals surface area (Å²) < 4.78 is 3.17. The van der Waals surface area contributed by atoms with E-state index < -0.39 is 21.7 Å². The van der Waals surface area contributed by atoms with Gasteiger partial charge in [0.2, 0.25) is 9.03 Å². The second kappa shape index (κ2) is 8.68. The van der Waals surface area contributed by atoms with Crippen LogP contribution in [0, 0.1) is 0 Å². The topological polar surface area (TPSA) is 68.3 Å². The van der Waals surface area contributed by atoms with Gasteiger partial charge in [-0.2, -0.15) is 0 Å². The molecular weight excluding hydrogens is 417 g/mol. The van der Waals surface area contributed by atoms with Crippen LogP contribution in [0.15, 0.2) is 0 Å². The van der Waals surface area contributed by atoms with Crippen LogP contribution in [0.1, 0.15) is 5.69 Å². The second-order valence-electron chi connectivity index (χ2n) is 3.09. The van der Waals surface area contributed by atoms with E-state index in [9.17, 15) is 9.59 Å². The van der Waals surface area contributed by atoms with Gasteiger partial charge in [0, 0.05) is 0 Å². The number of thiazole rings is 1. The number of nitrogens with one attached hydrogen (secondary N) is 1. The summed E-state index contributed by atoms with van der Waals surface area (Å²) in [5, 5.41) is 1.81. The van der Waals surface area contributed by atoms with Crippen molar-refractivity contribution in [1.29, 1.82) is 0 Å². The Hall–Kier alpha value is 0.310. The lowest BCUT2D eigenvalue weighted by atomic mass is 10.4. The average molecular weight is 423 g/mol. The highest BCUT2D eigenvalue weighted by Gasteiger charge is 2.22. The van der Waals surface area contributed by atoms with Crippen molar-refractivity contribution in [2.45, 2.75) is 10.2 Å². The molecule has 5 nitrogen and oxygen atoms in total. The number of carbonyl (C=O) groups excluding carboxylic acids is 2. The first-order chi connectivity index (χ1) is 8.67. The first-order valence-electron chi connectivity index (χ1n) is 4.51. The predicted molar refractivity (Wildman–Crippen MR) is 84.2 cm³/mol. The van der Waals surface area contributed by atoms with Crippen LogP contribution in [0.5, 0.6) is 0 Å².